The number of rotatable bonds is 4. The number of hydrogen-bond donors (Lipinski definition) is 3. The molecule has 0 aliphatic rings. The number of ether oxygens (including phenoxy) is 1. The van der Waals surface area contributed by atoms with Crippen molar-refractivity contribution >= 4 is 11.8 Å². The molecule has 0 aliphatic carbocycles. The molecule has 0 saturated heterocycles. The quantitative estimate of drug-likeness (QED) is 0.742. The Balaban J connectivity index is 2.06. The van der Waals surface area contributed by atoms with Crippen molar-refractivity contribution in [1.82, 2.24) is 9.97 Å². The monoisotopic (exact) mass is 261 g/mol. The molecular formula is C12H11N3O4. The Morgan fingerprint density at radius 2 is 2.05 bits per heavy atom. The van der Waals surface area contributed by atoms with E-state index in [1.54, 1.807) is 0 Å². The number of nitrogens with two attached hydrogens (primary N) is 1. The Morgan fingerprint density at radius 3 is 2.63 bits per heavy atom. The van der Waals surface area contributed by atoms with E-state index >= 15 is 0 Å². The van der Waals surface area contributed by atoms with E-state index in [1.807, 2.05) is 0 Å². The number of aromatic nitrogens is 2. The number of carboxylic acids is 1. The standard InChI is InChI=1S/C12H11N3O4/c13-9-5-11(16)15-10(14-9)6-19-8-3-1-7(2-4-8)12(17)18/h1-5H,6H2,(H,17,18)(H3,13,14,15,16). The van der Waals surface area contributed by atoms with Crippen LogP contribution >= 0.6 is 0 Å². The largest absolute Gasteiger partial charge is 0.486 e. The Bertz CT molecular complexity index is 649. The number of carbonyl (C=O) groups is 1. The first-order chi connectivity index (χ1) is 9.04. The fraction of sp³-hybridized carbons (Fsp3) is 0.0833. The SMILES string of the molecule is Nc1cc(=O)[nH]c(COc2ccc(C(=O)O)cc2)n1. The number of anilines is 1. The summed E-state index contributed by atoms with van der Waals surface area (Å²) in [7, 11) is 0. The summed E-state index contributed by atoms with van der Waals surface area (Å²) in [5, 5.41) is 8.74. The first kappa shape index (κ1) is 12.6. The molecule has 0 amide bonds. The maximum Gasteiger partial charge on any atom is 0.335 e. The molecule has 0 unspecified atom stereocenters. The van der Waals surface area contributed by atoms with Gasteiger partial charge in [0.1, 0.15) is 24.0 Å². The highest BCUT2D eigenvalue weighted by atomic mass is 16.5. The maximum absolute atomic E-state index is 11.1. The lowest BCUT2D eigenvalue weighted by Crippen LogP contribution is -2.14. The van der Waals surface area contributed by atoms with Crippen LogP contribution in [0.15, 0.2) is 35.1 Å². The second-order valence-corrected chi connectivity index (χ2v) is 3.74. The molecule has 0 atom stereocenters. The Kier molecular flexibility index (Phi) is 3.46. The number of hydrogen-bond acceptors (Lipinski definition) is 5. The summed E-state index contributed by atoms with van der Waals surface area (Å²) in [6.45, 7) is 0.0344. The minimum Gasteiger partial charge on any atom is -0.486 e. The molecule has 1 aromatic heterocycles. The lowest BCUT2D eigenvalue weighted by atomic mass is 10.2. The molecule has 0 bridgehead atoms. The molecule has 4 N–H and O–H groups in total. The van der Waals surface area contributed by atoms with Crippen molar-refractivity contribution < 1.29 is 14.6 Å². The molecule has 7 nitrogen and oxygen atoms in total. The van der Waals surface area contributed by atoms with E-state index in [1.165, 1.54) is 30.3 Å². The first-order valence-corrected chi connectivity index (χ1v) is 5.36. The predicted octanol–water partition coefficient (Wildman–Crippen LogP) is 0.629. The van der Waals surface area contributed by atoms with Gasteiger partial charge in [0, 0.05) is 6.07 Å². The van der Waals surface area contributed by atoms with Crippen molar-refractivity contribution in [2.75, 3.05) is 5.73 Å². The highest BCUT2D eigenvalue weighted by Gasteiger charge is 2.03. The van der Waals surface area contributed by atoms with Crippen LogP contribution in [-0.4, -0.2) is 21.0 Å². The number of nitrogens with zero attached hydrogens (tertiary/aromatic N) is 1. The van der Waals surface area contributed by atoms with E-state index in [-0.39, 0.29) is 23.5 Å². The number of aromatic carboxylic acids is 1. The van der Waals surface area contributed by atoms with Crippen molar-refractivity contribution in [2.24, 2.45) is 0 Å². The molecule has 1 aromatic carbocycles. The van der Waals surface area contributed by atoms with E-state index < -0.39 is 5.97 Å². The van der Waals surface area contributed by atoms with Crippen molar-refractivity contribution in [2.45, 2.75) is 6.61 Å². The zero-order valence-electron chi connectivity index (χ0n) is 9.79. The third kappa shape index (κ3) is 3.32. The summed E-state index contributed by atoms with van der Waals surface area (Å²) in [6.07, 6.45) is 0. The fourth-order valence-electron chi connectivity index (χ4n) is 1.44. The van der Waals surface area contributed by atoms with E-state index in [2.05, 4.69) is 9.97 Å². The van der Waals surface area contributed by atoms with Crippen LogP contribution in [0.2, 0.25) is 0 Å². The van der Waals surface area contributed by atoms with Crippen molar-refractivity contribution in [3.63, 3.8) is 0 Å². The Hall–Kier alpha value is -2.83. The molecule has 0 aliphatic heterocycles. The zero-order valence-corrected chi connectivity index (χ0v) is 9.79. The lowest BCUT2D eigenvalue weighted by Gasteiger charge is -2.06. The van der Waals surface area contributed by atoms with Crippen LogP contribution in [0.3, 0.4) is 0 Å². The van der Waals surface area contributed by atoms with Crippen LogP contribution in [0, 0.1) is 0 Å². The number of benzene rings is 1. The summed E-state index contributed by atoms with van der Waals surface area (Å²) in [6, 6.07) is 7.06. The third-order valence-electron chi connectivity index (χ3n) is 2.29. The third-order valence-corrected chi connectivity index (χ3v) is 2.29. The van der Waals surface area contributed by atoms with Crippen LogP contribution in [0.4, 0.5) is 5.82 Å². The highest BCUT2D eigenvalue weighted by molar-refractivity contribution is 5.87. The summed E-state index contributed by atoms with van der Waals surface area (Å²) in [4.78, 5) is 28.2. The second-order valence-electron chi connectivity index (χ2n) is 3.74. The summed E-state index contributed by atoms with van der Waals surface area (Å²) >= 11 is 0. The minimum absolute atomic E-state index is 0.0344. The number of nitrogen functional groups attached to an aromatic ring is 1. The summed E-state index contributed by atoms with van der Waals surface area (Å²) < 4.78 is 5.36. The smallest absolute Gasteiger partial charge is 0.335 e. The molecule has 0 saturated carbocycles. The number of nitrogens with one attached hydrogen (secondary N) is 1. The van der Waals surface area contributed by atoms with E-state index in [0.29, 0.717) is 11.6 Å². The van der Waals surface area contributed by atoms with Gasteiger partial charge in [-0.3, -0.25) is 4.79 Å². The molecular weight excluding hydrogens is 250 g/mol. The van der Waals surface area contributed by atoms with E-state index in [0.717, 1.165) is 0 Å². The minimum atomic E-state index is -1.01. The van der Waals surface area contributed by atoms with Crippen LogP contribution < -0.4 is 16.0 Å². The number of H-pyrrole nitrogens is 1. The van der Waals surface area contributed by atoms with Crippen LogP contribution in [0.5, 0.6) is 5.75 Å². The van der Waals surface area contributed by atoms with Crippen LogP contribution in [0.25, 0.3) is 0 Å². The Labute approximate surface area is 107 Å². The molecule has 7 heteroatoms. The van der Waals surface area contributed by atoms with Crippen molar-refractivity contribution in [3.8, 4) is 5.75 Å². The number of aromatic amines is 1. The normalized spacial score (nSPS) is 10.1. The van der Waals surface area contributed by atoms with Gasteiger partial charge in [-0.15, -0.1) is 0 Å². The topological polar surface area (TPSA) is 118 Å². The van der Waals surface area contributed by atoms with Gasteiger partial charge in [-0.05, 0) is 24.3 Å². The van der Waals surface area contributed by atoms with Gasteiger partial charge in [0.25, 0.3) is 5.56 Å². The fourth-order valence-corrected chi connectivity index (χ4v) is 1.44. The van der Waals surface area contributed by atoms with Crippen LogP contribution in [0.1, 0.15) is 16.2 Å². The molecule has 19 heavy (non-hydrogen) atoms. The van der Waals surface area contributed by atoms with Gasteiger partial charge in [0.2, 0.25) is 0 Å². The van der Waals surface area contributed by atoms with E-state index in [4.69, 9.17) is 15.6 Å². The van der Waals surface area contributed by atoms with E-state index in [9.17, 15) is 9.59 Å². The van der Waals surface area contributed by atoms with Crippen LogP contribution in [-0.2, 0) is 6.61 Å². The van der Waals surface area contributed by atoms with Gasteiger partial charge in [0.15, 0.2) is 0 Å². The average molecular weight is 261 g/mol. The first-order valence-electron chi connectivity index (χ1n) is 5.36. The zero-order chi connectivity index (χ0) is 13.8. The van der Waals surface area contributed by atoms with Gasteiger partial charge in [-0.2, -0.15) is 0 Å². The van der Waals surface area contributed by atoms with Crippen molar-refractivity contribution in [3.05, 3.63) is 52.1 Å². The summed E-state index contributed by atoms with van der Waals surface area (Å²) in [5.41, 5.74) is 5.24. The molecule has 98 valence electrons. The predicted molar refractivity (Wildman–Crippen MR) is 67.0 cm³/mol. The molecule has 0 fully saturated rings. The molecule has 2 rings (SSSR count). The lowest BCUT2D eigenvalue weighted by molar-refractivity contribution is 0.0697. The van der Waals surface area contributed by atoms with Gasteiger partial charge in [-0.25, -0.2) is 9.78 Å². The Morgan fingerprint density at radius 1 is 1.37 bits per heavy atom. The van der Waals surface area contributed by atoms with Crippen molar-refractivity contribution in [1.29, 1.82) is 0 Å². The molecule has 2 aromatic rings. The molecule has 0 spiro atoms. The molecule has 1 heterocycles. The van der Waals surface area contributed by atoms with Gasteiger partial charge in [0.05, 0.1) is 5.56 Å². The average Bonchev–Trinajstić information content (AvgIpc) is 2.36. The molecule has 0 radical (unpaired) electrons. The van der Waals surface area contributed by atoms with Gasteiger partial charge in [-0.1, -0.05) is 0 Å². The summed E-state index contributed by atoms with van der Waals surface area (Å²) in [5.74, 6) is -0.126. The second kappa shape index (κ2) is 5.21. The highest BCUT2D eigenvalue weighted by Crippen LogP contribution is 2.13. The van der Waals surface area contributed by atoms with Gasteiger partial charge >= 0.3 is 5.97 Å². The number of carboxylic acid groups (broad SMARTS) is 1. The maximum atomic E-state index is 11.1. The van der Waals surface area contributed by atoms with Gasteiger partial charge < -0.3 is 20.6 Å².